The Balaban J connectivity index is 2.04. The number of aromatic nitrogens is 1. The van der Waals surface area contributed by atoms with Crippen molar-refractivity contribution in [2.24, 2.45) is 0 Å². The third-order valence-electron chi connectivity index (χ3n) is 3.81. The summed E-state index contributed by atoms with van der Waals surface area (Å²) < 4.78 is 15.9. The highest BCUT2D eigenvalue weighted by atomic mass is 32.1. The van der Waals surface area contributed by atoms with Crippen molar-refractivity contribution in [1.29, 1.82) is 0 Å². The summed E-state index contributed by atoms with van der Waals surface area (Å²) in [5.74, 6) is 1.19. The number of hydrogen-bond acceptors (Lipinski definition) is 7. The lowest BCUT2D eigenvalue weighted by atomic mass is 10.1. The fourth-order valence-electron chi connectivity index (χ4n) is 2.54. The molecule has 0 amide bonds. The number of anilines is 1. The highest BCUT2D eigenvalue weighted by Gasteiger charge is 2.22. The molecule has 0 fully saturated rings. The van der Waals surface area contributed by atoms with Gasteiger partial charge in [0.15, 0.2) is 11.5 Å². The number of methoxy groups -OCH3 is 3. The van der Waals surface area contributed by atoms with Crippen LogP contribution < -0.4 is 19.9 Å². The van der Waals surface area contributed by atoms with Gasteiger partial charge in [0.2, 0.25) is 11.5 Å². The number of nitrogen functional groups attached to an aromatic ring is 1. The summed E-state index contributed by atoms with van der Waals surface area (Å²) in [6.45, 7) is 0. The number of carbonyl (C=O) groups excluding carboxylic acids is 1. The molecule has 0 bridgehead atoms. The zero-order valence-corrected chi connectivity index (χ0v) is 15.4. The minimum atomic E-state index is -0.249. The number of benzene rings is 2. The number of carbonyl (C=O) groups is 1. The van der Waals surface area contributed by atoms with Crippen LogP contribution in [0, 0.1) is 0 Å². The van der Waals surface area contributed by atoms with Crippen molar-refractivity contribution < 1.29 is 19.0 Å². The highest BCUT2D eigenvalue weighted by molar-refractivity contribution is 7.17. The van der Waals surface area contributed by atoms with Gasteiger partial charge < -0.3 is 19.9 Å². The summed E-state index contributed by atoms with van der Waals surface area (Å²) in [5, 5.41) is 0.693. The van der Waals surface area contributed by atoms with E-state index in [1.54, 1.807) is 12.1 Å². The number of rotatable bonds is 6. The van der Waals surface area contributed by atoms with E-state index < -0.39 is 0 Å². The number of ketones is 1. The summed E-state index contributed by atoms with van der Waals surface area (Å²) in [4.78, 5) is 17.7. The zero-order chi connectivity index (χ0) is 18.7. The van der Waals surface area contributed by atoms with Gasteiger partial charge in [-0.2, -0.15) is 0 Å². The Morgan fingerprint density at radius 2 is 1.62 bits per heavy atom. The summed E-state index contributed by atoms with van der Waals surface area (Å²) in [6, 6.07) is 12.8. The van der Waals surface area contributed by atoms with E-state index in [-0.39, 0.29) is 11.6 Å². The van der Waals surface area contributed by atoms with Crippen LogP contribution in [0.1, 0.15) is 15.2 Å². The van der Waals surface area contributed by atoms with Gasteiger partial charge in [-0.25, -0.2) is 4.98 Å². The fourth-order valence-corrected chi connectivity index (χ4v) is 3.49. The molecule has 0 aliphatic heterocycles. The van der Waals surface area contributed by atoms with E-state index in [0.717, 1.165) is 5.56 Å². The van der Waals surface area contributed by atoms with Crippen molar-refractivity contribution in [3.63, 3.8) is 0 Å². The van der Waals surface area contributed by atoms with Gasteiger partial charge in [0.1, 0.15) is 15.7 Å². The summed E-state index contributed by atoms with van der Waals surface area (Å²) in [7, 11) is 4.51. The molecule has 7 heteroatoms. The first-order valence-electron chi connectivity index (χ1n) is 7.75. The molecule has 0 aliphatic carbocycles. The molecule has 0 atom stereocenters. The molecule has 0 spiro atoms. The van der Waals surface area contributed by atoms with Crippen molar-refractivity contribution >= 4 is 22.9 Å². The van der Waals surface area contributed by atoms with Crippen LogP contribution in [0.2, 0.25) is 0 Å². The third kappa shape index (κ3) is 3.21. The van der Waals surface area contributed by atoms with E-state index >= 15 is 0 Å². The second-order valence-corrected chi connectivity index (χ2v) is 6.34. The van der Waals surface area contributed by atoms with Crippen LogP contribution in [0.15, 0.2) is 42.5 Å². The number of nitrogens with zero attached hydrogens (tertiary/aromatic N) is 1. The van der Waals surface area contributed by atoms with E-state index in [9.17, 15) is 4.79 Å². The smallest absolute Gasteiger partial charge is 0.207 e. The van der Waals surface area contributed by atoms with Gasteiger partial charge >= 0.3 is 0 Å². The average Bonchev–Trinajstić information content (AvgIpc) is 3.08. The topological polar surface area (TPSA) is 83.7 Å². The SMILES string of the molecule is COc1cc(C(=O)c2sc(-c3ccccc3)nc2N)cc(OC)c1OC. The minimum Gasteiger partial charge on any atom is -0.493 e. The summed E-state index contributed by atoms with van der Waals surface area (Å²) in [5.41, 5.74) is 7.30. The standard InChI is InChI=1S/C19H18N2O4S/c1-23-13-9-12(10-14(24-2)16(13)25-3)15(22)17-18(20)21-19(26-17)11-7-5-4-6-8-11/h4-10H,20H2,1-3H3. The van der Waals surface area contributed by atoms with Crippen molar-refractivity contribution in [3.8, 4) is 27.8 Å². The molecule has 1 aromatic heterocycles. The Morgan fingerprint density at radius 1 is 1.00 bits per heavy atom. The van der Waals surface area contributed by atoms with Gasteiger partial charge in [-0.15, -0.1) is 11.3 Å². The summed E-state index contributed by atoms with van der Waals surface area (Å²) in [6.07, 6.45) is 0. The van der Waals surface area contributed by atoms with Crippen LogP contribution in [0.4, 0.5) is 5.82 Å². The van der Waals surface area contributed by atoms with Crippen LogP contribution in [0.5, 0.6) is 17.2 Å². The Bertz CT molecular complexity index is 913. The Labute approximate surface area is 155 Å². The Kier molecular flexibility index (Phi) is 5.09. The maximum atomic E-state index is 13.0. The molecule has 1 heterocycles. The third-order valence-corrected chi connectivity index (χ3v) is 4.93. The van der Waals surface area contributed by atoms with Crippen molar-refractivity contribution in [1.82, 2.24) is 4.98 Å². The molecule has 2 N–H and O–H groups in total. The van der Waals surface area contributed by atoms with Crippen molar-refractivity contribution in [2.45, 2.75) is 0 Å². The van der Waals surface area contributed by atoms with Gasteiger partial charge in [-0.3, -0.25) is 4.79 Å². The first-order valence-corrected chi connectivity index (χ1v) is 8.57. The number of thiazole rings is 1. The lowest BCUT2D eigenvalue weighted by Crippen LogP contribution is -2.05. The monoisotopic (exact) mass is 370 g/mol. The Morgan fingerprint density at radius 3 is 2.15 bits per heavy atom. The van der Waals surface area contributed by atoms with Crippen molar-refractivity contribution in [3.05, 3.63) is 52.9 Å². The van der Waals surface area contributed by atoms with Gasteiger partial charge in [-0.1, -0.05) is 30.3 Å². The minimum absolute atomic E-state index is 0.201. The van der Waals surface area contributed by atoms with Crippen molar-refractivity contribution in [2.75, 3.05) is 27.1 Å². The normalized spacial score (nSPS) is 10.4. The number of ether oxygens (including phenoxy) is 3. The molecule has 3 rings (SSSR count). The molecule has 0 aliphatic rings. The molecular formula is C19H18N2O4S. The zero-order valence-electron chi connectivity index (χ0n) is 14.6. The fraction of sp³-hybridized carbons (Fsp3) is 0.158. The van der Waals surface area contributed by atoms with Crippen LogP contribution in [-0.4, -0.2) is 32.1 Å². The van der Waals surface area contributed by atoms with Crippen LogP contribution >= 0.6 is 11.3 Å². The molecular weight excluding hydrogens is 352 g/mol. The van der Waals surface area contributed by atoms with Crippen LogP contribution in [0.25, 0.3) is 10.6 Å². The quantitative estimate of drug-likeness (QED) is 0.667. The van der Waals surface area contributed by atoms with E-state index in [1.165, 1.54) is 32.7 Å². The molecule has 2 aromatic carbocycles. The maximum Gasteiger partial charge on any atom is 0.207 e. The largest absolute Gasteiger partial charge is 0.493 e. The molecule has 26 heavy (non-hydrogen) atoms. The molecule has 134 valence electrons. The predicted octanol–water partition coefficient (Wildman–Crippen LogP) is 3.65. The van der Waals surface area contributed by atoms with Gasteiger partial charge in [0.25, 0.3) is 0 Å². The van der Waals surface area contributed by atoms with E-state index in [1.807, 2.05) is 30.3 Å². The van der Waals surface area contributed by atoms with Crippen LogP contribution in [0.3, 0.4) is 0 Å². The second-order valence-electron chi connectivity index (χ2n) is 5.34. The van der Waals surface area contributed by atoms with E-state index in [0.29, 0.717) is 32.7 Å². The lowest BCUT2D eigenvalue weighted by Gasteiger charge is -2.13. The van der Waals surface area contributed by atoms with Gasteiger partial charge in [-0.05, 0) is 12.1 Å². The van der Waals surface area contributed by atoms with Crippen LogP contribution in [-0.2, 0) is 0 Å². The molecule has 6 nitrogen and oxygen atoms in total. The first kappa shape index (κ1) is 17.8. The Hall–Kier alpha value is -3.06. The van der Waals surface area contributed by atoms with E-state index in [4.69, 9.17) is 19.9 Å². The van der Waals surface area contributed by atoms with E-state index in [2.05, 4.69) is 4.98 Å². The highest BCUT2D eigenvalue weighted by Crippen LogP contribution is 2.40. The molecule has 0 saturated carbocycles. The number of hydrogen-bond donors (Lipinski definition) is 1. The lowest BCUT2D eigenvalue weighted by molar-refractivity contribution is 0.104. The number of nitrogens with two attached hydrogens (primary N) is 1. The first-order chi connectivity index (χ1) is 12.6. The average molecular weight is 370 g/mol. The molecule has 0 saturated heterocycles. The molecule has 0 unspecified atom stereocenters. The maximum absolute atomic E-state index is 13.0. The molecule has 3 aromatic rings. The van der Waals surface area contributed by atoms with Gasteiger partial charge in [0.05, 0.1) is 21.3 Å². The summed E-state index contributed by atoms with van der Waals surface area (Å²) >= 11 is 1.25. The molecule has 0 radical (unpaired) electrons. The second kappa shape index (κ2) is 7.45. The van der Waals surface area contributed by atoms with Gasteiger partial charge in [0, 0.05) is 11.1 Å². The predicted molar refractivity (Wildman–Crippen MR) is 101 cm³/mol.